The number of amides is 1. The van der Waals surface area contributed by atoms with Gasteiger partial charge >= 0.3 is 5.97 Å². The maximum absolute atomic E-state index is 11.4. The zero-order valence-corrected chi connectivity index (χ0v) is 9.16. The highest BCUT2D eigenvalue weighted by atomic mass is 16.4. The van der Waals surface area contributed by atoms with Gasteiger partial charge in [-0.2, -0.15) is 0 Å². The third kappa shape index (κ3) is 6.10. The second-order valence-corrected chi connectivity index (χ2v) is 4.40. The standard InChI is InChI=1S/C11H19NO3/c1-8(3-2-4-11(14)15)12-10(13)7-9-5-6-9/h8-9H,2-7H2,1H3,(H,12,13)(H,14,15). The molecule has 2 N–H and O–H groups in total. The molecule has 0 aromatic heterocycles. The fourth-order valence-electron chi connectivity index (χ4n) is 1.55. The van der Waals surface area contributed by atoms with Crippen molar-refractivity contribution in [1.29, 1.82) is 0 Å². The van der Waals surface area contributed by atoms with Crippen molar-refractivity contribution in [3.8, 4) is 0 Å². The molecule has 1 rings (SSSR count). The van der Waals surface area contributed by atoms with Gasteiger partial charge < -0.3 is 10.4 Å². The van der Waals surface area contributed by atoms with E-state index < -0.39 is 5.97 Å². The van der Waals surface area contributed by atoms with E-state index in [1.54, 1.807) is 0 Å². The average molecular weight is 213 g/mol. The predicted molar refractivity (Wildman–Crippen MR) is 56.4 cm³/mol. The predicted octanol–water partition coefficient (Wildman–Crippen LogP) is 1.55. The van der Waals surface area contributed by atoms with Crippen molar-refractivity contribution in [3.05, 3.63) is 0 Å². The lowest BCUT2D eigenvalue weighted by Crippen LogP contribution is -2.32. The first-order valence-corrected chi connectivity index (χ1v) is 5.59. The third-order valence-electron chi connectivity index (χ3n) is 2.61. The number of hydrogen-bond donors (Lipinski definition) is 2. The van der Waals surface area contributed by atoms with E-state index in [-0.39, 0.29) is 18.4 Å². The molecule has 1 amide bonds. The highest BCUT2D eigenvalue weighted by molar-refractivity contribution is 5.76. The second kappa shape index (κ2) is 5.73. The van der Waals surface area contributed by atoms with Crippen LogP contribution in [0.4, 0.5) is 0 Å². The Balaban J connectivity index is 2.03. The molecule has 1 atom stereocenters. The minimum Gasteiger partial charge on any atom is -0.481 e. The van der Waals surface area contributed by atoms with E-state index in [0.29, 0.717) is 18.8 Å². The molecule has 4 heteroatoms. The molecule has 0 spiro atoms. The summed E-state index contributed by atoms with van der Waals surface area (Å²) in [5, 5.41) is 11.3. The van der Waals surface area contributed by atoms with E-state index in [2.05, 4.69) is 5.32 Å². The van der Waals surface area contributed by atoms with Crippen LogP contribution >= 0.6 is 0 Å². The van der Waals surface area contributed by atoms with Crippen LogP contribution in [0.5, 0.6) is 0 Å². The van der Waals surface area contributed by atoms with Gasteiger partial charge in [-0.05, 0) is 38.5 Å². The van der Waals surface area contributed by atoms with Crippen molar-refractivity contribution in [3.63, 3.8) is 0 Å². The summed E-state index contributed by atoms with van der Waals surface area (Å²) in [6.45, 7) is 1.92. The molecule has 0 saturated heterocycles. The highest BCUT2D eigenvalue weighted by Crippen LogP contribution is 2.32. The molecule has 0 aromatic carbocycles. The minimum atomic E-state index is -0.772. The molecule has 1 saturated carbocycles. The Morgan fingerprint density at radius 1 is 1.47 bits per heavy atom. The summed E-state index contributed by atoms with van der Waals surface area (Å²) >= 11 is 0. The molecular weight excluding hydrogens is 194 g/mol. The lowest BCUT2D eigenvalue weighted by atomic mass is 10.1. The summed E-state index contributed by atoms with van der Waals surface area (Å²) in [6.07, 6.45) is 4.55. The van der Waals surface area contributed by atoms with Gasteiger partial charge in [-0.25, -0.2) is 0 Å². The molecule has 15 heavy (non-hydrogen) atoms. The van der Waals surface area contributed by atoms with Crippen molar-refractivity contribution >= 4 is 11.9 Å². The lowest BCUT2D eigenvalue weighted by Gasteiger charge is -2.12. The summed E-state index contributed by atoms with van der Waals surface area (Å²) in [5.74, 6) is -0.0527. The van der Waals surface area contributed by atoms with E-state index >= 15 is 0 Å². The summed E-state index contributed by atoms with van der Waals surface area (Å²) in [6, 6.07) is 0.0931. The quantitative estimate of drug-likeness (QED) is 0.674. The van der Waals surface area contributed by atoms with Gasteiger partial charge in [-0.1, -0.05) is 0 Å². The zero-order chi connectivity index (χ0) is 11.3. The summed E-state index contributed by atoms with van der Waals surface area (Å²) < 4.78 is 0. The molecule has 0 aliphatic heterocycles. The van der Waals surface area contributed by atoms with Crippen LogP contribution in [0.3, 0.4) is 0 Å². The van der Waals surface area contributed by atoms with Gasteiger partial charge in [0.2, 0.25) is 5.91 Å². The van der Waals surface area contributed by atoms with E-state index in [0.717, 1.165) is 6.42 Å². The molecule has 86 valence electrons. The van der Waals surface area contributed by atoms with Gasteiger partial charge in [0.25, 0.3) is 0 Å². The number of carboxylic acids is 1. The maximum Gasteiger partial charge on any atom is 0.303 e. The van der Waals surface area contributed by atoms with Crippen molar-refractivity contribution in [2.45, 2.75) is 51.5 Å². The Labute approximate surface area is 90.0 Å². The van der Waals surface area contributed by atoms with Gasteiger partial charge in [-0.3, -0.25) is 9.59 Å². The van der Waals surface area contributed by atoms with Crippen molar-refractivity contribution < 1.29 is 14.7 Å². The first-order chi connectivity index (χ1) is 7.08. The fraction of sp³-hybridized carbons (Fsp3) is 0.818. The fourth-order valence-corrected chi connectivity index (χ4v) is 1.55. The van der Waals surface area contributed by atoms with Crippen LogP contribution < -0.4 is 5.32 Å². The van der Waals surface area contributed by atoms with Gasteiger partial charge in [0.15, 0.2) is 0 Å². The van der Waals surface area contributed by atoms with Crippen LogP contribution in [-0.4, -0.2) is 23.0 Å². The first-order valence-electron chi connectivity index (χ1n) is 5.59. The molecule has 0 aromatic rings. The summed E-state index contributed by atoms with van der Waals surface area (Å²) in [4.78, 5) is 21.6. The molecule has 0 bridgehead atoms. The molecule has 1 aliphatic rings. The van der Waals surface area contributed by atoms with Crippen molar-refractivity contribution in [2.75, 3.05) is 0 Å². The van der Waals surface area contributed by atoms with Gasteiger partial charge in [0, 0.05) is 18.9 Å². The molecular formula is C11H19NO3. The Morgan fingerprint density at radius 3 is 2.67 bits per heavy atom. The Bertz CT molecular complexity index is 236. The third-order valence-corrected chi connectivity index (χ3v) is 2.61. The van der Waals surface area contributed by atoms with Crippen LogP contribution in [0.25, 0.3) is 0 Å². The van der Waals surface area contributed by atoms with Crippen molar-refractivity contribution in [1.82, 2.24) is 5.32 Å². The SMILES string of the molecule is CC(CCCC(=O)O)NC(=O)CC1CC1. The zero-order valence-electron chi connectivity index (χ0n) is 9.16. The van der Waals surface area contributed by atoms with Gasteiger partial charge in [0.1, 0.15) is 0 Å². The molecule has 0 radical (unpaired) electrons. The monoisotopic (exact) mass is 213 g/mol. The topological polar surface area (TPSA) is 66.4 Å². The first kappa shape index (κ1) is 12.0. The van der Waals surface area contributed by atoms with Gasteiger partial charge in [0.05, 0.1) is 0 Å². The van der Waals surface area contributed by atoms with Crippen LogP contribution in [0.15, 0.2) is 0 Å². The van der Waals surface area contributed by atoms with Crippen LogP contribution in [-0.2, 0) is 9.59 Å². The number of carbonyl (C=O) groups excluding carboxylic acids is 1. The molecule has 0 heterocycles. The number of rotatable bonds is 7. The average Bonchev–Trinajstić information content (AvgIpc) is 2.86. The van der Waals surface area contributed by atoms with Crippen LogP contribution in [0, 0.1) is 5.92 Å². The Kier molecular flexibility index (Phi) is 4.59. The van der Waals surface area contributed by atoms with E-state index in [1.165, 1.54) is 12.8 Å². The van der Waals surface area contributed by atoms with E-state index in [1.807, 2.05) is 6.92 Å². The Morgan fingerprint density at radius 2 is 2.13 bits per heavy atom. The number of carbonyl (C=O) groups is 2. The van der Waals surface area contributed by atoms with Crippen LogP contribution in [0.1, 0.15) is 45.4 Å². The molecule has 1 unspecified atom stereocenters. The summed E-state index contributed by atoms with van der Waals surface area (Å²) in [5.41, 5.74) is 0. The normalized spacial score (nSPS) is 17.1. The number of hydrogen-bond acceptors (Lipinski definition) is 2. The number of aliphatic carboxylic acids is 1. The maximum atomic E-state index is 11.4. The van der Waals surface area contributed by atoms with Gasteiger partial charge in [-0.15, -0.1) is 0 Å². The Hall–Kier alpha value is -1.06. The number of nitrogens with one attached hydrogen (secondary N) is 1. The van der Waals surface area contributed by atoms with Crippen molar-refractivity contribution in [2.24, 2.45) is 5.92 Å². The van der Waals surface area contributed by atoms with E-state index in [9.17, 15) is 9.59 Å². The molecule has 1 fully saturated rings. The van der Waals surface area contributed by atoms with E-state index in [4.69, 9.17) is 5.11 Å². The summed E-state index contributed by atoms with van der Waals surface area (Å²) in [7, 11) is 0. The lowest BCUT2D eigenvalue weighted by molar-refractivity contribution is -0.137. The molecule has 4 nitrogen and oxygen atoms in total. The largest absolute Gasteiger partial charge is 0.481 e. The second-order valence-electron chi connectivity index (χ2n) is 4.40. The number of carboxylic acid groups (broad SMARTS) is 1. The molecule has 1 aliphatic carbocycles. The highest BCUT2D eigenvalue weighted by Gasteiger charge is 2.24. The minimum absolute atomic E-state index is 0.0931. The smallest absolute Gasteiger partial charge is 0.303 e. The van der Waals surface area contributed by atoms with Crippen LogP contribution in [0.2, 0.25) is 0 Å².